The van der Waals surface area contributed by atoms with E-state index in [4.69, 9.17) is 0 Å². The van der Waals surface area contributed by atoms with Gasteiger partial charge in [-0.1, -0.05) is 54.6 Å². The first-order chi connectivity index (χ1) is 14.6. The van der Waals surface area contributed by atoms with Crippen LogP contribution in [-0.2, 0) is 11.3 Å². The topological polar surface area (TPSA) is 20.3 Å². The standard InChI is InChI=1S/C26H21F2NO/c27-24-10-4-8-20(14-24)12-22-17-29(16-19-6-2-1-3-7-19)18-23(26(22)30)13-21-9-5-11-25(28)15-21/h1-15H,16-18H2/b22-12-,23-13+. The smallest absolute Gasteiger partial charge is 0.187 e. The lowest BCUT2D eigenvalue weighted by molar-refractivity contribution is -0.113. The quantitative estimate of drug-likeness (QED) is 0.537. The van der Waals surface area contributed by atoms with Gasteiger partial charge < -0.3 is 0 Å². The van der Waals surface area contributed by atoms with Gasteiger partial charge in [-0.05, 0) is 53.1 Å². The number of piperidine rings is 1. The van der Waals surface area contributed by atoms with E-state index in [1.165, 1.54) is 24.3 Å². The van der Waals surface area contributed by atoms with Gasteiger partial charge in [0.15, 0.2) is 5.78 Å². The first-order valence-corrected chi connectivity index (χ1v) is 9.80. The number of rotatable bonds is 4. The summed E-state index contributed by atoms with van der Waals surface area (Å²) < 4.78 is 27.2. The number of hydrogen-bond acceptors (Lipinski definition) is 2. The molecule has 0 bridgehead atoms. The zero-order chi connectivity index (χ0) is 20.9. The zero-order valence-electron chi connectivity index (χ0n) is 16.4. The fraction of sp³-hybridized carbons (Fsp3) is 0.115. The fourth-order valence-electron chi connectivity index (χ4n) is 3.66. The average molecular weight is 401 g/mol. The number of carbonyl (C=O) groups is 1. The third kappa shape index (κ3) is 4.97. The summed E-state index contributed by atoms with van der Waals surface area (Å²) in [6.07, 6.45) is 3.48. The number of halogens is 2. The minimum absolute atomic E-state index is 0.0900. The Morgan fingerprint density at radius 1 is 0.733 bits per heavy atom. The SMILES string of the molecule is O=C1/C(=C\c2cccc(F)c2)CN(Cc2ccccc2)C/C1=C\c1cccc(F)c1. The van der Waals surface area contributed by atoms with E-state index >= 15 is 0 Å². The first-order valence-electron chi connectivity index (χ1n) is 9.80. The minimum atomic E-state index is -0.343. The normalized spacial score (nSPS) is 17.6. The van der Waals surface area contributed by atoms with Crippen LogP contribution in [0.3, 0.4) is 0 Å². The van der Waals surface area contributed by atoms with Crippen molar-refractivity contribution in [3.8, 4) is 0 Å². The molecule has 0 unspecified atom stereocenters. The molecule has 0 atom stereocenters. The lowest BCUT2D eigenvalue weighted by Gasteiger charge is -2.30. The van der Waals surface area contributed by atoms with Gasteiger partial charge in [0.1, 0.15) is 11.6 Å². The maximum Gasteiger partial charge on any atom is 0.187 e. The Morgan fingerprint density at radius 2 is 1.27 bits per heavy atom. The highest BCUT2D eigenvalue weighted by molar-refractivity contribution is 6.14. The van der Waals surface area contributed by atoms with Crippen molar-refractivity contribution < 1.29 is 13.6 Å². The van der Waals surface area contributed by atoms with E-state index in [0.717, 1.165) is 5.56 Å². The van der Waals surface area contributed by atoms with Gasteiger partial charge in [-0.25, -0.2) is 8.78 Å². The Morgan fingerprint density at radius 3 is 1.77 bits per heavy atom. The number of ketones is 1. The highest BCUT2D eigenvalue weighted by Gasteiger charge is 2.26. The summed E-state index contributed by atoms with van der Waals surface area (Å²) in [5.41, 5.74) is 3.60. The summed E-state index contributed by atoms with van der Waals surface area (Å²) in [4.78, 5) is 15.3. The summed E-state index contributed by atoms with van der Waals surface area (Å²) in [6, 6.07) is 22.4. The third-order valence-electron chi connectivity index (χ3n) is 5.00. The van der Waals surface area contributed by atoms with Crippen LogP contribution in [-0.4, -0.2) is 23.8 Å². The molecule has 3 aromatic rings. The lowest BCUT2D eigenvalue weighted by atomic mass is 9.94. The van der Waals surface area contributed by atoms with Crippen LogP contribution in [0.15, 0.2) is 90.0 Å². The van der Waals surface area contributed by atoms with Crippen LogP contribution >= 0.6 is 0 Å². The molecule has 0 radical (unpaired) electrons. The largest absolute Gasteiger partial charge is 0.290 e. The Labute approximate surface area is 174 Å². The van der Waals surface area contributed by atoms with Crippen LogP contribution in [0.2, 0.25) is 0 Å². The van der Waals surface area contributed by atoms with Gasteiger partial charge in [0.2, 0.25) is 0 Å². The van der Waals surface area contributed by atoms with E-state index < -0.39 is 0 Å². The van der Waals surface area contributed by atoms with Crippen molar-refractivity contribution in [3.63, 3.8) is 0 Å². The van der Waals surface area contributed by atoms with Gasteiger partial charge in [0.05, 0.1) is 0 Å². The van der Waals surface area contributed by atoms with Crippen LogP contribution in [0, 0.1) is 11.6 Å². The highest BCUT2D eigenvalue weighted by Crippen LogP contribution is 2.24. The Bertz CT molecular complexity index is 1050. The van der Waals surface area contributed by atoms with Gasteiger partial charge in [0, 0.05) is 30.8 Å². The molecule has 0 aliphatic carbocycles. The van der Waals surface area contributed by atoms with Crippen molar-refractivity contribution in [3.05, 3.63) is 118 Å². The van der Waals surface area contributed by atoms with Crippen molar-refractivity contribution in [2.75, 3.05) is 13.1 Å². The summed E-state index contributed by atoms with van der Waals surface area (Å²) in [6.45, 7) is 1.60. The molecular formula is C26H21F2NO. The number of likely N-dealkylation sites (tertiary alicyclic amines) is 1. The number of hydrogen-bond donors (Lipinski definition) is 0. The van der Waals surface area contributed by atoms with Crippen LogP contribution in [0.1, 0.15) is 16.7 Å². The van der Waals surface area contributed by atoms with E-state index in [0.29, 0.717) is 41.9 Å². The summed E-state index contributed by atoms with van der Waals surface area (Å²) in [5.74, 6) is -0.776. The van der Waals surface area contributed by atoms with Crippen molar-refractivity contribution in [1.29, 1.82) is 0 Å². The Balaban J connectivity index is 1.69. The second-order valence-electron chi connectivity index (χ2n) is 7.41. The monoisotopic (exact) mass is 401 g/mol. The van der Waals surface area contributed by atoms with Gasteiger partial charge in [-0.15, -0.1) is 0 Å². The molecule has 2 nitrogen and oxygen atoms in total. The molecule has 0 aromatic heterocycles. The van der Waals surface area contributed by atoms with Crippen molar-refractivity contribution in [2.24, 2.45) is 0 Å². The molecule has 3 aromatic carbocycles. The van der Waals surface area contributed by atoms with E-state index in [1.807, 2.05) is 30.3 Å². The molecule has 4 heteroatoms. The summed E-state index contributed by atoms with van der Waals surface area (Å²) in [7, 11) is 0. The first kappa shape index (κ1) is 19.9. The Kier molecular flexibility index (Phi) is 5.96. The highest BCUT2D eigenvalue weighted by atomic mass is 19.1. The van der Waals surface area contributed by atoms with E-state index in [2.05, 4.69) is 4.90 Å². The molecular weight excluding hydrogens is 380 g/mol. The number of benzene rings is 3. The molecule has 1 heterocycles. The molecule has 150 valence electrons. The van der Waals surface area contributed by atoms with Crippen molar-refractivity contribution >= 4 is 17.9 Å². The molecule has 0 saturated carbocycles. The predicted octanol–water partition coefficient (Wildman–Crippen LogP) is 5.52. The molecule has 0 amide bonds. The molecule has 1 fully saturated rings. The van der Waals surface area contributed by atoms with E-state index in [1.54, 1.807) is 36.4 Å². The number of nitrogens with zero attached hydrogens (tertiary/aromatic N) is 1. The second-order valence-corrected chi connectivity index (χ2v) is 7.41. The predicted molar refractivity (Wildman–Crippen MR) is 115 cm³/mol. The molecule has 1 saturated heterocycles. The fourth-order valence-corrected chi connectivity index (χ4v) is 3.66. The van der Waals surface area contributed by atoms with Gasteiger partial charge in [-0.3, -0.25) is 9.69 Å². The zero-order valence-corrected chi connectivity index (χ0v) is 16.4. The van der Waals surface area contributed by atoms with E-state index in [9.17, 15) is 13.6 Å². The number of carbonyl (C=O) groups excluding carboxylic acids is 1. The molecule has 1 aliphatic rings. The number of Topliss-reactive ketones (excluding diaryl/α,β-unsaturated/α-hetero) is 1. The van der Waals surface area contributed by atoms with Crippen LogP contribution in [0.4, 0.5) is 8.78 Å². The van der Waals surface area contributed by atoms with Gasteiger partial charge in [-0.2, -0.15) is 0 Å². The summed E-state index contributed by atoms with van der Waals surface area (Å²) >= 11 is 0. The third-order valence-corrected chi connectivity index (χ3v) is 5.00. The van der Waals surface area contributed by atoms with Crippen molar-refractivity contribution in [1.82, 2.24) is 4.90 Å². The molecule has 1 aliphatic heterocycles. The van der Waals surface area contributed by atoms with Gasteiger partial charge >= 0.3 is 0 Å². The lowest BCUT2D eigenvalue weighted by Crippen LogP contribution is -2.37. The molecule has 0 spiro atoms. The van der Waals surface area contributed by atoms with Crippen molar-refractivity contribution in [2.45, 2.75) is 6.54 Å². The maximum atomic E-state index is 13.6. The van der Waals surface area contributed by atoms with Crippen LogP contribution < -0.4 is 0 Å². The second kappa shape index (κ2) is 8.97. The van der Waals surface area contributed by atoms with Crippen LogP contribution in [0.5, 0.6) is 0 Å². The van der Waals surface area contributed by atoms with E-state index in [-0.39, 0.29) is 17.4 Å². The van der Waals surface area contributed by atoms with Gasteiger partial charge in [0.25, 0.3) is 0 Å². The maximum absolute atomic E-state index is 13.6. The Hall–Kier alpha value is -3.37. The average Bonchev–Trinajstić information content (AvgIpc) is 2.72. The minimum Gasteiger partial charge on any atom is -0.290 e. The molecule has 30 heavy (non-hydrogen) atoms. The molecule has 0 N–H and O–H groups in total. The summed E-state index contributed by atoms with van der Waals surface area (Å²) in [5, 5.41) is 0. The molecule has 4 rings (SSSR count). The van der Waals surface area contributed by atoms with Crippen LogP contribution in [0.25, 0.3) is 12.2 Å².